The first-order valence-corrected chi connectivity index (χ1v) is 6.34. The van der Waals surface area contributed by atoms with Gasteiger partial charge in [-0.05, 0) is 17.7 Å². The third-order valence-electron chi connectivity index (χ3n) is 3.26. The molecule has 2 aromatic heterocycles. The number of nitrogens with zero attached hydrogens (tertiary/aromatic N) is 3. The molecule has 19 heavy (non-hydrogen) atoms. The molecule has 0 spiro atoms. The monoisotopic (exact) mass is 252 g/mol. The van der Waals surface area contributed by atoms with E-state index in [2.05, 4.69) is 27.4 Å². The summed E-state index contributed by atoms with van der Waals surface area (Å²) in [7, 11) is 2.01. The molecule has 0 bridgehead atoms. The number of aryl methyl sites for hydroxylation is 1. The van der Waals surface area contributed by atoms with Crippen LogP contribution >= 0.6 is 0 Å². The Morgan fingerprint density at radius 3 is 2.79 bits per heavy atom. The molecule has 1 N–H and O–H groups in total. The van der Waals surface area contributed by atoms with Crippen LogP contribution in [0.4, 0.5) is 0 Å². The van der Waals surface area contributed by atoms with Crippen LogP contribution in [0.25, 0.3) is 10.9 Å². The zero-order chi connectivity index (χ0) is 13.1. The molecule has 0 amide bonds. The van der Waals surface area contributed by atoms with Gasteiger partial charge in [0.2, 0.25) is 0 Å². The Hall–Kier alpha value is -2.20. The number of hydrogen-bond donors (Lipinski definition) is 1. The maximum atomic E-state index is 4.37. The van der Waals surface area contributed by atoms with Gasteiger partial charge in [0.1, 0.15) is 5.82 Å². The fourth-order valence-electron chi connectivity index (χ4n) is 2.19. The van der Waals surface area contributed by atoms with Crippen LogP contribution in [0.15, 0.2) is 48.9 Å². The molecule has 0 saturated heterocycles. The Morgan fingerprint density at radius 1 is 1.05 bits per heavy atom. The molecule has 96 valence electrons. The van der Waals surface area contributed by atoms with Gasteiger partial charge in [0, 0.05) is 37.6 Å². The van der Waals surface area contributed by atoms with Crippen molar-refractivity contribution in [3.63, 3.8) is 0 Å². The van der Waals surface area contributed by atoms with Gasteiger partial charge in [-0.2, -0.15) is 0 Å². The van der Waals surface area contributed by atoms with Crippen molar-refractivity contribution in [3.8, 4) is 0 Å². The maximum absolute atomic E-state index is 4.37. The van der Waals surface area contributed by atoms with Gasteiger partial charge in [-0.1, -0.05) is 18.2 Å². The minimum atomic E-state index is 0.764. The van der Waals surface area contributed by atoms with Gasteiger partial charge in [0.15, 0.2) is 0 Å². The molecule has 4 heteroatoms. The molecule has 0 aliphatic carbocycles. The molecular weight excluding hydrogens is 236 g/mol. The van der Waals surface area contributed by atoms with Gasteiger partial charge in [-0.25, -0.2) is 4.98 Å². The first kappa shape index (κ1) is 11.9. The van der Waals surface area contributed by atoms with Crippen LogP contribution in [0.5, 0.6) is 0 Å². The van der Waals surface area contributed by atoms with E-state index in [1.165, 1.54) is 10.9 Å². The van der Waals surface area contributed by atoms with E-state index < -0.39 is 0 Å². The van der Waals surface area contributed by atoms with E-state index >= 15 is 0 Å². The van der Waals surface area contributed by atoms with Gasteiger partial charge < -0.3 is 9.88 Å². The van der Waals surface area contributed by atoms with E-state index in [1.807, 2.05) is 48.4 Å². The van der Waals surface area contributed by atoms with Crippen molar-refractivity contribution in [1.29, 1.82) is 0 Å². The molecule has 0 saturated carbocycles. The normalized spacial score (nSPS) is 11.0. The van der Waals surface area contributed by atoms with Crippen LogP contribution in [-0.2, 0) is 20.1 Å². The Labute approximate surface area is 112 Å². The topological polar surface area (TPSA) is 42.7 Å². The molecule has 0 atom stereocenters. The van der Waals surface area contributed by atoms with Crippen molar-refractivity contribution >= 4 is 10.9 Å². The second-order valence-electron chi connectivity index (χ2n) is 4.55. The van der Waals surface area contributed by atoms with E-state index in [0.29, 0.717) is 0 Å². The first-order valence-electron chi connectivity index (χ1n) is 6.34. The summed E-state index contributed by atoms with van der Waals surface area (Å²) in [5.74, 6) is 1.04. The Bertz CT molecular complexity index is 682. The molecule has 4 nitrogen and oxygen atoms in total. The third-order valence-corrected chi connectivity index (χ3v) is 3.26. The highest BCUT2D eigenvalue weighted by Crippen LogP contribution is 2.15. The Morgan fingerprint density at radius 2 is 1.95 bits per heavy atom. The fourth-order valence-corrected chi connectivity index (χ4v) is 2.19. The summed E-state index contributed by atoms with van der Waals surface area (Å²) < 4.78 is 2.03. The van der Waals surface area contributed by atoms with Crippen molar-refractivity contribution in [2.75, 3.05) is 0 Å². The quantitative estimate of drug-likeness (QED) is 0.774. The van der Waals surface area contributed by atoms with E-state index in [9.17, 15) is 0 Å². The Balaban J connectivity index is 1.74. The third kappa shape index (κ3) is 2.48. The minimum absolute atomic E-state index is 0.764. The number of rotatable bonds is 4. The fraction of sp³-hybridized carbons (Fsp3) is 0.200. The lowest BCUT2D eigenvalue weighted by molar-refractivity contribution is 0.641. The number of benzene rings is 1. The smallest absolute Gasteiger partial charge is 0.122 e. The first-order chi connectivity index (χ1) is 9.34. The van der Waals surface area contributed by atoms with Crippen LogP contribution in [0.1, 0.15) is 11.4 Å². The van der Waals surface area contributed by atoms with E-state index in [-0.39, 0.29) is 0 Å². The van der Waals surface area contributed by atoms with Gasteiger partial charge in [-0.3, -0.25) is 4.98 Å². The predicted molar refractivity (Wildman–Crippen MR) is 75.5 cm³/mol. The van der Waals surface area contributed by atoms with Gasteiger partial charge in [-0.15, -0.1) is 0 Å². The second kappa shape index (κ2) is 5.20. The van der Waals surface area contributed by atoms with Crippen molar-refractivity contribution in [3.05, 3.63) is 60.3 Å². The van der Waals surface area contributed by atoms with Crippen molar-refractivity contribution in [2.24, 2.45) is 7.05 Å². The van der Waals surface area contributed by atoms with E-state index in [4.69, 9.17) is 0 Å². The minimum Gasteiger partial charge on any atom is -0.337 e. The number of hydrogen-bond acceptors (Lipinski definition) is 3. The number of nitrogens with one attached hydrogen (secondary N) is 1. The largest absolute Gasteiger partial charge is 0.337 e. The number of para-hydroxylation sites is 1. The highest BCUT2D eigenvalue weighted by molar-refractivity contribution is 5.81. The number of imidazole rings is 1. The number of pyridine rings is 1. The average molecular weight is 252 g/mol. The van der Waals surface area contributed by atoms with Gasteiger partial charge in [0.25, 0.3) is 0 Å². The molecule has 0 aliphatic heterocycles. The molecule has 0 aliphatic rings. The summed E-state index contributed by atoms with van der Waals surface area (Å²) in [6, 6.07) is 10.3. The van der Waals surface area contributed by atoms with Crippen LogP contribution in [0.3, 0.4) is 0 Å². The van der Waals surface area contributed by atoms with Crippen LogP contribution in [0, 0.1) is 0 Å². The Kier molecular flexibility index (Phi) is 3.25. The highest BCUT2D eigenvalue weighted by atomic mass is 15.1. The summed E-state index contributed by atoms with van der Waals surface area (Å²) >= 11 is 0. The lowest BCUT2D eigenvalue weighted by Gasteiger charge is -2.07. The molecule has 0 radical (unpaired) electrons. The van der Waals surface area contributed by atoms with Crippen LogP contribution < -0.4 is 5.32 Å². The SMILES string of the molecule is Cn1ccnc1CNCc1ccnc2ccccc12. The number of aromatic nitrogens is 3. The molecule has 1 aromatic carbocycles. The average Bonchev–Trinajstić information content (AvgIpc) is 2.85. The van der Waals surface area contributed by atoms with E-state index in [1.54, 1.807) is 0 Å². The van der Waals surface area contributed by atoms with Crippen LogP contribution in [-0.4, -0.2) is 14.5 Å². The van der Waals surface area contributed by atoms with Crippen molar-refractivity contribution in [2.45, 2.75) is 13.1 Å². The summed E-state index contributed by atoms with van der Waals surface area (Å²) in [6.07, 6.45) is 5.64. The molecule has 3 aromatic rings. The lowest BCUT2D eigenvalue weighted by Crippen LogP contribution is -2.15. The zero-order valence-corrected chi connectivity index (χ0v) is 10.9. The zero-order valence-electron chi connectivity index (χ0n) is 10.9. The molecule has 0 unspecified atom stereocenters. The van der Waals surface area contributed by atoms with Crippen molar-refractivity contribution in [1.82, 2.24) is 19.9 Å². The molecule has 3 rings (SSSR count). The van der Waals surface area contributed by atoms with Crippen LogP contribution in [0.2, 0.25) is 0 Å². The summed E-state index contributed by atoms with van der Waals surface area (Å²) in [6.45, 7) is 1.58. The molecular formula is C15H16N4. The van der Waals surface area contributed by atoms with Crippen molar-refractivity contribution < 1.29 is 0 Å². The maximum Gasteiger partial charge on any atom is 0.122 e. The van der Waals surface area contributed by atoms with E-state index in [0.717, 1.165) is 24.4 Å². The van der Waals surface area contributed by atoms with Gasteiger partial charge in [0.05, 0.1) is 12.1 Å². The molecule has 2 heterocycles. The summed E-state index contributed by atoms with van der Waals surface area (Å²) in [5, 5.41) is 4.63. The lowest BCUT2D eigenvalue weighted by atomic mass is 10.1. The van der Waals surface area contributed by atoms with Gasteiger partial charge >= 0.3 is 0 Å². The second-order valence-corrected chi connectivity index (χ2v) is 4.55. The molecule has 0 fully saturated rings. The standard InChI is InChI=1S/C15H16N4/c1-19-9-8-18-15(19)11-16-10-12-6-7-17-14-5-3-2-4-13(12)14/h2-9,16H,10-11H2,1H3. The number of fused-ring (bicyclic) bond motifs is 1. The summed E-state index contributed by atoms with van der Waals surface area (Å²) in [4.78, 5) is 8.67. The predicted octanol–water partition coefficient (Wildman–Crippen LogP) is 2.26. The highest BCUT2D eigenvalue weighted by Gasteiger charge is 2.02. The summed E-state index contributed by atoms with van der Waals surface area (Å²) in [5.41, 5.74) is 2.30.